The van der Waals surface area contributed by atoms with Gasteiger partial charge in [-0.25, -0.2) is 24.9 Å². The summed E-state index contributed by atoms with van der Waals surface area (Å²) in [6.45, 7) is 4.30. The number of hydrogen-bond acceptors (Lipinski definition) is 7. The number of hydrogen-bond donors (Lipinski definition) is 0. The minimum atomic E-state index is -4.18. The first-order valence-corrected chi connectivity index (χ1v) is 12.9. The third-order valence-electron chi connectivity index (χ3n) is 8.62. The molecular formula is C27H31F3N6O. The number of ether oxygens (including phenoxy) is 1. The predicted molar refractivity (Wildman–Crippen MR) is 132 cm³/mol. The maximum Gasteiger partial charge on any atom is 0.392 e. The van der Waals surface area contributed by atoms with E-state index >= 15 is 0 Å². The molecule has 0 radical (unpaired) electrons. The number of aromatic nitrogens is 5. The van der Waals surface area contributed by atoms with Gasteiger partial charge in [0.05, 0.1) is 29.1 Å². The van der Waals surface area contributed by atoms with Gasteiger partial charge in [0.1, 0.15) is 17.2 Å². The summed E-state index contributed by atoms with van der Waals surface area (Å²) < 4.78 is 47.3. The lowest BCUT2D eigenvalue weighted by molar-refractivity contribution is -0.180. The van der Waals surface area contributed by atoms with E-state index in [1.807, 2.05) is 45.0 Å². The third kappa shape index (κ3) is 4.13. The average Bonchev–Trinajstić information content (AvgIpc) is 3.43. The van der Waals surface area contributed by atoms with Gasteiger partial charge in [-0.1, -0.05) is 0 Å². The first kappa shape index (κ1) is 24.5. The summed E-state index contributed by atoms with van der Waals surface area (Å²) in [6, 6.07) is 3.99. The van der Waals surface area contributed by atoms with Crippen LogP contribution in [0.15, 0.2) is 18.3 Å². The Bertz CT molecular complexity index is 1350. The van der Waals surface area contributed by atoms with Crippen LogP contribution in [0.5, 0.6) is 0 Å². The van der Waals surface area contributed by atoms with Crippen molar-refractivity contribution >= 4 is 17.0 Å². The van der Waals surface area contributed by atoms with Crippen LogP contribution in [0.2, 0.25) is 0 Å². The first-order valence-electron chi connectivity index (χ1n) is 12.9. The number of halogens is 3. The van der Waals surface area contributed by atoms with Crippen LogP contribution < -0.4 is 4.90 Å². The highest BCUT2D eigenvalue weighted by molar-refractivity contribution is 5.75. The van der Waals surface area contributed by atoms with Gasteiger partial charge in [-0.05, 0) is 69.6 Å². The number of aryl methyl sites for hydroxylation is 2. The number of nitrogens with zero attached hydrogens (tertiary/aromatic N) is 6. The molecule has 4 heterocycles. The molecular weight excluding hydrogens is 481 g/mol. The molecule has 3 aliphatic carbocycles. The van der Waals surface area contributed by atoms with Crippen LogP contribution in [0.3, 0.4) is 0 Å². The molecule has 196 valence electrons. The van der Waals surface area contributed by atoms with Crippen LogP contribution in [-0.4, -0.2) is 51.8 Å². The molecule has 37 heavy (non-hydrogen) atoms. The third-order valence-corrected chi connectivity index (χ3v) is 8.62. The minimum Gasteiger partial charge on any atom is -0.373 e. The molecule has 3 aromatic rings. The SMILES string of the molecule is Cc1nc2nc(C3CCOC(c4ccnc(N(C)C)c4)C3)nc(C34CC(C3)C(C(F)(F)F)C4)c2nc1C. The topological polar surface area (TPSA) is 76.9 Å². The molecule has 1 saturated heterocycles. The van der Waals surface area contributed by atoms with Gasteiger partial charge in [0, 0.05) is 38.2 Å². The average molecular weight is 513 g/mol. The summed E-state index contributed by atoms with van der Waals surface area (Å²) in [5.41, 5.74) is 3.66. The molecule has 2 bridgehead atoms. The summed E-state index contributed by atoms with van der Waals surface area (Å²) in [6.07, 6.45) is -0.0462. The van der Waals surface area contributed by atoms with Crippen LogP contribution in [0.25, 0.3) is 11.2 Å². The molecule has 3 atom stereocenters. The van der Waals surface area contributed by atoms with E-state index in [2.05, 4.69) is 4.98 Å². The lowest BCUT2D eigenvalue weighted by Gasteiger charge is -2.39. The quantitative estimate of drug-likeness (QED) is 0.466. The normalized spacial score (nSPS) is 29.4. The van der Waals surface area contributed by atoms with Gasteiger partial charge in [0.15, 0.2) is 5.65 Å². The van der Waals surface area contributed by atoms with Gasteiger partial charge in [0.25, 0.3) is 0 Å². The molecule has 7 rings (SSSR count). The van der Waals surface area contributed by atoms with Crippen LogP contribution in [0, 0.1) is 25.7 Å². The minimum absolute atomic E-state index is 0.00775. The van der Waals surface area contributed by atoms with E-state index < -0.39 is 17.5 Å². The van der Waals surface area contributed by atoms with E-state index in [0.717, 1.165) is 29.2 Å². The van der Waals surface area contributed by atoms with Crippen LogP contribution >= 0.6 is 0 Å². The van der Waals surface area contributed by atoms with Crippen molar-refractivity contribution in [3.63, 3.8) is 0 Å². The summed E-state index contributed by atoms with van der Waals surface area (Å²) in [5, 5.41) is 0. The predicted octanol–water partition coefficient (Wildman–Crippen LogP) is 5.36. The van der Waals surface area contributed by atoms with Gasteiger partial charge in [-0.2, -0.15) is 13.2 Å². The zero-order valence-electron chi connectivity index (χ0n) is 21.5. The number of anilines is 1. The van der Waals surface area contributed by atoms with E-state index in [9.17, 15) is 13.2 Å². The highest BCUT2D eigenvalue weighted by Crippen LogP contribution is 2.66. The molecule has 0 amide bonds. The zero-order valence-corrected chi connectivity index (χ0v) is 21.5. The molecule has 0 spiro atoms. The van der Waals surface area contributed by atoms with Crippen molar-refractivity contribution < 1.29 is 17.9 Å². The van der Waals surface area contributed by atoms with Crippen molar-refractivity contribution in [1.29, 1.82) is 0 Å². The van der Waals surface area contributed by atoms with Crippen molar-refractivity contribution in [2.75, 3.05) is 25.6 Å². The fourth-order valence-corrected chi connectivity index (χ4v) is 6.48. The van der Waals surface area contributed by atoms with Crippen molar-refractivity contribution in [2.24, 2.45) is 11.8 Å². The Labute approximate surface area is 213 Å². The van der Waals surface area contributed by atoms with Gasteiger partial charge in [-0.15, -0.1) is 0 Å². The molecule has 7 nitrogen and oxygen atoms in total. The second-order valence-electron chi connectivity index (χ2n) is 11.2. The Kier molecular flexibility index (Phi) is 5.67. The lowest BCUT2D eigenvalue weighted by Crippen LogP contribution is -2.35. The van der Waals surface area contributed by atoms with Crippen LogP contribution in [0.4, 0.5) is 19.0 Å². The Morgan fingerprint density at radius 2 is 1.78 bits per heavy atom. The van der Waals surface area contributed by atoms with Crippen LogP contribution in [0.1, 0.15) is 72.6 Å². The van der Waals surface area contributed by atoms with Crippen molar-refractivity contribution in [2.45, 2.75) is 69.6 Å². The molecule has 0 N–H and O–H groups in total. The number of alkyl halides is 3. The highest BCUT2D eigenvalue weighted by atomic mass is 19.4. The smallest absolute Gasteiger partial charge is 0.373 e. The summed E-state index contributed by atoms with van der Waals surface area (Å²) in [5.74, 6) is -0.104. The Balaban J connectivity index is 1.38. The lowest BCUT2D eigenvalue weighted by atomic mass is 9.67. The second-order valence-corrected chi connectivity index (χ2v) is 11.2. The number of rotatable bonds is 4. The van der Waals surface area contributed by atoms with Crippen molar-refractivity contribution in [3.8, 4) is 0 Å². The zero-order chi connectivity index (χ0) is 26.1. The highest BCUT2D eigenvalue weighted by Gasteiger charge is 2.65. The van der Waals surface area contributed by atoms with E-state index in [4.69, 9.17) is 24.7 Å². The Hall–Kier alpha value is -2.88. The molecule has 4 fully saturated rings. The van der Waals surface area contributed by atoms with Gasteiger partial charge >= 0.3 is 6.18 Å². The fourth-order valence-electron chi connectivity index (χ4n) is 6.48. The number of pyridine rings is 1. The molecule has 3 saturated carbocycles. The van der Waals surface area contributed by atoms with Gasteiger partial charge < -0.3 is 9.64 Å². The summed E-state index contributed by atoms with van der Waals surface area (Å²) in [4.78, 5) is 25.7. The standard InChI is InChI=1S/C27H31F3N6O/c1-14-15(2)33-25-22(32-14)23(26-11-18(12-26)19(13-26)27(28,29)30)34-24(35-25)17-6-8-37-20(9-17)16-5-7-31-21(10-16)36(3)4/h5,7,10,17-20H,6,8-9,11-13H2,1-4H3. The molecule has 1 aliphatic heterocycles. The molecule has 0 aromatic carbocycles. The molecule has 4 aliphatic rings. The monoisotopic (exact) mass is 512 g/mol. The van der Waals surface area contributed by atoms with Crippen LogP contribution in [-0.2, 0) is 10.2 Å². The molecule has 3 unspecified atom stereocenters. The van der Waals surface area contributed by atoms with E-state index in [1.54, 1.807) is 6.20 Å². The Morgan fingerprint density at radius 1 is 1.03 bits per heavy atom. The number of fused-ring (bicyclic) bond motifs is 2. The maximum absolute atomic E-state index is 13.7. The summed E-state index contributed by atoms with van der Waals surface area (Å²) >= 11 is 0. The molecule has 3 aromatic heterocycles. The van der Waals surface area contributed by atoms with E-state index in [1.165, 1.54) is 0 Å². The largest absolute Gasteiger partial charge is 0.392 e. The summed E-state index contributed by atoms with van der Waals surface area (Å²) in [7, 11) is 3.89. The van der Waals surface area contributed by atoms with E-state index in [-0.39, 0.29) is 24.4 Å². The van der Waals surface area contributed by atoms with Gasteiger partial charge in [0.2, 0.25) is 0 Å². The van der Waals surface area contributed by atoms with E-state index in [0.29, 0.717) is 48.6 Å². The first-order chi connectivity index (χ1) is 17.5. The molecule has 10 heteroatoms. The van der Waals surface area contributed by atoms with Crippen molar-refractivity contribution in [1.82, 2.24) is 24.9 Å². The Morgan fingerprint density at radius 3 is 2.49 bits per heavy atom. The maximum atomic E-state index is 13.7. The fraction of sp³-hybridized carbons (Fsp3) is 0.593. The second kappa shape index (κ2) is 8.58. The van der Waals surface area contributed by atoms with Gasteiger partial charge in [-0.3, -0.25) is 0 Å². The van der Waals surface area contributed by atoms with Crippen molar-refractivity contribution in [3.05, 3.63) is 46.8 Å².